The molecule has 0 saturated heterocycles. The molecule has 1 unspecified atom stereocenters. The van der Waals surface area contributed by atoms with Crippen molar-refractivity contribution in [2.75, 3.05) is 5.75 Å². The second-order valence-corrected chi connectivity index (χ2v) is 5.41. The molecule has 4 heteroatoms. The Morgan fingerprint density at radius 3 is 2.39 bits per heavy atom. The molecular weight excluding hydrogens is 244 g/mol. The fraction of sp³-hybridized carbons (Fsp3) is 0.286. The van der Waals surface area contributed by atoms with Crippen molar-refractivity contribution in [3.8, 4) is 0 Å². The highest BCUT2D eigenvalue weighted by molar-refractivity contribution is 7.99. The van der Waals surface area contributed by atoms with Crippen molar-refractivity contribution in [2.45, 2.75) is 24.6 Å². The Morgan fingerprint density at radius 1 is 1.17 bits per heavy atom. The quantitative estimate of drug-likeness (QED) is 0.678. The molecule has 2 aromatic rings. The molecule has 1 atom stereocenters. The Hall–Kier alpha value is -1.39. The van der Waals surface area contributed by atoms with Gasteiger partial charge < -0.3 is 5.11 Å². The van der Waals surface area contributed by atoms with E-state index >= 15 is 0 Å². The number of aliphatic hydroxyl groups is 1. The molecule has 0 saturated carbocycles. The highest BCUT2D eigenvalue weighted by Gasteiger charge is 2.23. The fourth-order valence-corrected chi connectivity index (χ4v) is 2.37. The van der Waals surface area contributed by atoms with Crippen molar-refractivity contribution in [2.24, 2.45) is 0 Å². The van der Waals surface area contributed by atoms with Crippen molar-refractivity contribution >= 4 is 11.8 Å². The fourth-order valence-electron chi connectivity index (χ4n) is 1.54. The van der Waals surface area contributed by atoms with Gasteiger partial charge in [0.1, 0.15) is 0 Å². The molecule has 0 amide bonds. The normalized spacial score (nSPS) is 14.2. The van der Waals surface area contributed by atoms with E-state index in [-0.39, 0.29) is 0 Å². The summed E-state index contributed by atoms with van der Waals surface area (Å²) in [6.07, 6.45) is 3.57. The summed E-state index contributed by atoms with van der Waals surface area (Å²) in [7, 11) is 0. The molecule has 0 spiro atoms. The van der Waals surface area contributed by atoms with Crippen LogP contribution in [0.5, 0.6) is 0 Å². The number of nitrogens with zero attached hydrogens (tertiary/aromatic N) is 2. The highest BCUT2D eigenvalue weighted by Crippen LogP contribution is 2.27. The molecule has 0 aliphatic rings. The van der Waals surface area contributed by atoms with E-state index in [2.05, 4.69) is 9.97 Å². The van der Waals surface area contributed by atoms with E-state index in [1.165, 1.54) is 11.8 Å². The van der Waals surface area contributed by atoms with Crippen LogP contribution in [0.1, 0.15) is 18.1 Å². The van der Waals surface area contributed by atoms with Crippen molar-refractivity contribution in [1.29, 1.82) is 0 Å². The lowest BCUT2D eigenvalue weighted by molar-refractivity contribution is 0.0839. The summed E-state index contributed by atoms with van der Waals surface area (Å²) >= 11 is 1.46. The second kappa shape index (κ2) is 5.50. The van der Waals surface area contributed by atoms with E-state index in [0.717, 1.165) is 11.1 Å². The Morgan fingerprint density at radius 2 is 1.78 bits per heavy atom. The van der Waals surface area contributed by atoms with Gasteiger partial charge in [0.15, 0.2) is 5.16 Å². The van der Waals surface area contributed by atoms with Gasteiger partial charge in [0.25, 0.3) is 0 Å². The maximum absolute atomic E-state index is 10.4. The number of benzene rings is 1. The second-order valence-electron chi connectivity index (χ2n) is 4.47. The minimum Gasteiger partial charge on any atom is -0.385 e. The third-order valence-corrected chi connectivity index (χ3v) is 3.81. The lowest BCUT2D eigenvalue weighted by atomic mass is 9.99. The zero-order valence-corrected chi connectivity index (χ0v) is 11.3. The van der Waals surface area contributed by atoms with Gasteiger partial charge in [-0.25, -0.2) is 9.97 Å². The van der Waals surface area contributed by atoms with Gasteiger partial charge in [-0.1, -0.05) is 42.1 Å². The lowest BCUT2D eigenvalue weighted by Gasteiger charge is -2.22. The molecule has 94 valence electrons. The summed E-state index contributed by atoms with van der Waals surface area (Å²) in [5.74, 6) is 0.528. The van der Waals surface area contributed by atoms with Gasteiger partial charge in [0.05, 0.1) is 5.60 Å². The van der Waals surface area contributed by atoms with Gasteiger partial charge in [-0.2, -0.15) is 0 Å². The van der Waals surface area contributed by atoms with Crippen LogP contribution in [0.3, 0.4) is 0 Å². The highest BCUT2D eigenvalue weighted by atomic mass is 32.2. The average Bonchev–Trinajstić information content (AvgIpc) is 2.39. The third-order valence-electron chi connectivity index (χ3n) is 2.64. The first-order chi connectivity index (χ1) is 8.58. The molecule has 0 bridgehead atoms. The van der Waals surface area contributed by atoms with Crippen LogP contribution in [-0.4, -0.2) is 20.8 Å². The number of rotatable bonds is 4. The number of aryl methyl sites for hydroxylation is 1. The van der Waals surface area contributed by atoms with E-state index in [9.17, 15) is 5.11 Å². The van der Waals surface area contributed by atoms with Gasteiger partial charge >= 0.3 is 0 Å². The topological polar surface area (TPSA) is 46.0 Å². The van der Waals surface area contributed by atoms with E-state index in [1.807, 2.05) is 44.2 Å². The van der Waals surface area contributed by atoms with Crippen LogP contribution in [0.15, 0.2) is 47.9 Å². The van der Waals surface area contributed by atoms with Gasteiger partial charge in [0, 0.05) is 18.1 Å². The Bertz CT molecular complexity index is 497. The zero-order chi connectivity index (χ0) is 13.0. The van der Waals surface area contributed by atoms with Crippen LogP contribution in [0.25, 0.3) is 0 Å². The summed E-state index contributed by atoms with van der Waals surface area (Å²) in [5, 5.41) is 11.1. The van der Waals surface area contributed by atoms with Gasteiger partial charge in [-0.3, -0.25) is 0 Å². The molecule has 0 radical (unpaired) electrons. The summed E-state index contributed by atoms with van der Waals surface area (Å²) < 4.78 is 0. The summed E-state index contributed by atoms with van der Waals surface area (Å²) in [6, 6.07) is 9.65. The minimum atomic E-state index is -0.875. The number of aromatic nitrogens is 2. The maximum Gasteiger partial charge on any atom is 0.187 e. The van der Waals surface area contributed by atoms with E-state index in [1.54, 1.807) is 12.4 Å². The van der Waals surface area contributed by atoms with Crippen molar-refractivity contribution < 1.29 is 5.11 Å². The molecule has 0 aliphatic heterocycles. The molecule has 2 rings (SSSR count). The largest absolute Gasteiger partial charge is 0.385 e. The number of thioether (sulfide) groups is 1. The predicted molar refractivity (Wildman–Crippen MR) is 73.5 cm³/mol. The SMILES string of the molecule is Cc1cnc(SCC(C)(O)c2ccccc2)nc1. The first-order valence-electron chi connectivity index (χ1n) is 5.77. The van der Waals surface area contributed by atoms with E-state index in [4.69, 9.17) is 0 Å². The van der Waals surface area contributed by atoms with Crippen molar-refractivity contribution in [1.82, 2.24) is 9.97 Å². The van der Waals surface area contributed by atoms with E-state index in [0.29, 0.717) is 10.9 Å². The summed E-state index contributed by atoms with van der Waals surface area (Å²) in [5.41, 5.74) is 1.07. The van der Waals surface area contributed by atoms with Crippen LogP contribution in [0, 0.1) is 6.92 Å². The van der Waals surface area contributed by atoms with Crippen molar-refractivity contribution in [3.63, 3.8) is 0 Å². The van der Waals surface area contributed by atoms with Gasteiger partial charge in [-0.15, -0.1) is 0 Å². The minimum absolute atomic E-state index is 0.528. The zero-order valence-electron chi connectivity index (χ0n) is 10.5. The van der Waals surface area contributed by atoms with Crippen LogP contribution < -0.4 is 0 Å². The predicted octanol–water partition coefficient (Wildman–Crippen LogP) is 2.78. The Labute approximate surface area is 111 Å². The van der Waals surface area contributed by atoms with Crippen LogP contribution in [0.2, 0.25) is 0 Å². The molecule has 1 aromatic carbocycles. The molecule has 1 N–H and O–H groups in total. The number of hydrogen-bond donors (Lipinski definition) is 1. The lowest BCUT2D eigenvalue weighted by Crippen LogP contribution is -2.24. The van der Waals surface area contributed by atoms with Crippen LogP contribution in [0.4, 0.5) is 0 Å². The Balaban J connectivity index is 2.03. The summed E-state index contributed by atoms with van der Waals surface area (Å²) in [6.45, 7) is 3.76. The smallest absolute Gasteiger partial charge is 0.187 e. The molecule has 1 aromatic heterocycles. The van der Waals surface area contributed by atoms with Crippen LogP contribution >= 0.6 is 11.8 Å². The molecule has 18 heavy (non-hydrogen) atoms. The average molecular weight is 260 g/mol. The standard InChI is InChI=1S/C14H16N2OS/c1-11-8-15-13(16-9-11)18-10-14(2,17)12-6-4-3-5-7-12/h3-9,17H,10H2,1-2H3. The molecule has 3 nitrogen and oxygen atoms in total. The van der Waals surface area contributed by atoms with Crippen molar-refractivity contribution in [3.05, 3.63) is 53.9 Å². The van der Waals surface area contributed by atoms with E-state index < -0.39 is 5.60 Å². The molecule has 0 aliphatic carbocycles. The molecule has 0 fully saturated rings. The van der Waals surface area contributed by atoms with Crippen LogP contribution in [-0.2, 0) is 5.60 Å². The molecule has 1 heterocycles. The maximum atomic E-state index is 10.4. The monoisotopic (exact) mass is 260 g/mol. The third kappa shape index (κ3) is 3.31. The number of hydrogen-bond acceptors (Lipinski definition) is 4. The van der Waals surface area contributed by atoms with Gasteiger partial charge in [-0.05, 0) is 25.0 Å². The Kier molecular flexibility index (Phi) is 3.99. The molecular formula is C14H16N2OS. The first-order valence-corrected chi connectivity index (χ1v) is 6.76. The van der Waals surface area contributed by atoms with Gasteiger partial charge in [0.2, 0.25) is 0 Å². The summed E-state index contributed by atoms with van der Waals surface area (Å²) in [4.78, 5) is 8.43. The first kappa shape index (κ1) is 13.1.